The Labute approximate surface area is 385 Å². The number of nitrogens with one attached hydrogen (secondary N) is 1. The van der Waals surface area contributed by atoms with Crippen LogP contribution in [-0.4, -0.2) is 56.4 Å². The maximum atomic E-state index is 14.3. The second-order valence-electron chi connectivity index (χ2n) is 19.1. The second-order valence-corrected chi connectivity index (χ2v) is 21.2. The Morgan fingerprint density at radius 2 is 1.03 bits per heavy atom. The van der Waals surface area contributed by atoms with Gasteiger partial charge in [0.1, 0.15) is 21.8 Å². The Morgan fingerprint density at radius 3 is 1.48 bits per heavy atom. The number of hydrogen-bond donors (Lipinski definition) is 1. The molecule has 0 radical (unpaired) electrons. The SMILES string of the molecule is CC(C)(C)C(=O)C[C@H](C(=O)N1CCC[C@H]1c1ncc(-c2ccc(-c3ccc(-c4cnc([C@@H]5CCCN5C(=O)[C@H](NC(=O)C(C)(C)C)c5ccccc5)s4)cc3)cc2)s1)c1ccccc1. The van der Waals surface area contributed by atoms with Crippen molar-refractivity contribution in [2.45, 2.75) is 97.7 Å². The average Bonchev–Trinajstić information content (AvgIpc) is 4.14. The van der Waals surface area contributed by atoms with Crippen molar-refractivity contribution in [1.29, 1.82) is 0 Å². The van der Waals surface area contributed by atoms with Crippen molar-refractivity contribution in [2.24, 2.45) is 10.8 Å². The normalized spacial score (nSPS) is 17.6. The van der Waals surface area contributed by atoms with E-state index in [0.717, 1.165) is 78.8 Å². The summed E-state index contributed by atoms with van der Waals surface area (Å²) in [6, 6.07) is 35.2. The van der Waals surface area contributed by atoms with Crippen molar-refractivity contribution in [2.75, 3.05) is 13.1 Å². The highest BCUT2D eigenvalue weighted by atomic mass is 32.1. The molecular weight excluding hydrogens is 835 g/mol. The molecule has 2 aromatic heterocycles. The van der Waals surface area contributed by atoms with Crippen LogP contribution in [0.3, 0.4) is 0 Å². The van der Waals surface area contributed by atoms with E-state index in [-0.39, 0.29) is 42.0 Å². The van der Waals surface area contributed by atoms with Gasteiger partial charge in [-0.25, -0.2) is 9.97 Å². The lowest BCUT2D eigenvalue weighted by Crippen LogP contribution is -2.45. The van der Waals surface area contributed by atoms with Crippen LogP contribution in [-0.2, 0) is 19.2 Å². The lowest BCUT2D eigenvalue weighted by atomic mass is 9.82. The minimum absolute atomic E-state index is 0.00159. The van der Waals surface area contributed by atoms with Gasteiger partial charge in [-0.15, -0.1) is 22.7 Å². The first-order valence-electron chi connectivity index (χ1n) is 22.3. The minimum atomic E-state index is -0.772. The molecule has 0 spiro atoms. The molecule has 0 aliphatic carbocycles. The molecule has 4 atom stereocenters. The lowest BCUT2D eigenvalue weighted by Gasteiger charge is -2.30. The number of rotatable bonds is 12. The maximum absolute atomic E-state index is 14.3. The molecule has 9 nitrogen and oxygen atoms in total. The monoisotopic (exact) mass is 891 g/mol. The Kier molecular flexibility index (Phi) is 13.1. The summed E-state index contributed by atoms with van der Waals surface area (Å²) in [5, 5.41) is 4.87. The van der Waals surface area contributed by atoms with Crippen LogP contribution in [0.15, 0.2) is 122 Å². The van der Waals surface area contributed by atoms with E-state index in [1.54, 1.807) is 22.7 Å². The van der Waals surface area contributed by atoms with Gasteiger partial charge in [-0.3, -0.25) is 19.2 Å². The van der Waals surface area contributed by atoms with Crippen molar-refractivity contribution in [3.8, 4) is 32.0 Å². The van der Waals surface area contributed by atoms with Crippen LogP contribution < -0.4 is 5.32 Å². The molecule has 2 saturated heterocycles. The Morgan fingerprint density at radius 1 is 0.594 bits per heavy atom. The van der Waals surface area contributed by atoms with Gasteiger partial charge in [0, 0.05) is 42.7 Å². The third kappa shape index (κ3) is 9.81. The van der Waals surface area contributed by atoms with Crippen LogP contribution in [0.2, 0.25) is 0 Å². The first-order valence-corrected chi connectivity index (χ1v) is 24.0. The van der Waals surface area contributed by atoms with Gasteiger partial charge in [0.2, 0.25) is 17.7 Å². The van der Waals surface area contributed by atoms with Gasteiger partial charge in [0.05, 0.1) is 27.8 Å². The smallest absolute Gasteiger partial charge is 0.250 e. The third-order valence-corrected chi connectivity index (χ3v) is 14.7. The standard InChI is InChI=1S/C53H57N5O4S2/c1-52(2,3)45(59)31-40(36-15-9-7-10-16-36)49(60)57-29-13-19-41(57)47-54-32-43(63-47)37-25-21-34(22-26-37)35-23-27-38(28-24-35)44-33-55-48(64-44)42-20-14-30-58(42)50(61)46(39-17-11-8-12-18-39)56-51(62)53(4,5)6/h7-12,15-18,21-28,32-33,40-42,46H,13-14,19-20,29-31H2,1-6H3,(H,56,62)/t40-,41-,42-,46+/m0/s1. The number of nitrogens with zero attached hydrogens (tertiary/aromatic N) is 4. The Hall–Kier alpha value is -5.78. The molecule has 64 heavy (non-hydrogen) atoms. The minimum Gasteiger partial charge on any atom is -0.340 e. The van der Waals surface area contributed by atoms with Gasteiger partial charge in [-0.05, 0) is 59.1 Å². The molecule has 3 amide bonds. The summed E-state index contributed by atoms with van der Waals surface area (Å²) < 4.78 is 0. The van der Waals surface area contributed by atoms with Gasteiger partial charge >= 0.3 is 0 Å². The largest absolute Gasteiger partial charge is 0.340 e. The molecule has 11 heteroatoms. The van der Waals surface area contributed by atoms with Crippen molar-refractivity contribution in [1.82, 2.24) is 25.1 Å². The fourth-order valence-electron chi connectivity index (χ4n) is 8.55. The van der Waals surface area contributed by atoms with E-state index in [1.165, 1.54) is 0 Å². The topological polar surface area (TPSA) is 113 Å². The zero-order valence-electron chi connectivity index (χ0n) is 37.5. The number of ketones is 1. The average molecular weight is 892 g/mol. The number of Topliss-reactive ketones (excluding diaryl/α,β-unsaturated/α-hetero) is 1. The maximum Gasteiger partial charge on any atom is 0.250 e. The summed E-state index contributed by atoms with van der Waals surface area (Å²) in [6.45, 7) is 12.6. The Bertz CT molecular complexity index is 2410. The quantitative estimate of drug-likeness (QED) is 0.131. The first-order chi connectivity index (χ1) is 30.7. The van der Waals surface area contributed by atoms with E-state index < -0.39 is 22.8 Å². The van der Waals surface area contributed by atoms with Gasteiger partial charge in [0.25, 0.3) is 0 Å². The zero-order chi connectivity index (χ0) is 45.2. The van der Waals surface area contributed by atoms with Gasteiger partial charge in [-0.2, -0.15) is 0 Å². The molecule has 4 aromatic carbocycles. The number of hydrogen-bond acceptors (Lipinski definition) is 8. The molecule has 2 fully saturated rings. The third-order valence-electron chi connectivity index (χ3n) is 12.4. The highest BCUT2D eigenvalue weighted by Crippen LogP contribution is 2.42. The van der Waals surface area contributed by atoms with Gasteiger partial charge in [-0.1, -0.05) is 151 Å². The number of aromatic nitrogens is 2. The zero-order valence-corrected chi connectivity index (χ0v) is 39.2. The predicted octanol–water partition coefficient (Wildman–Crippen LogP) is 11.6. The molecule has 8 rings (SSSR count). The molecule has 330 valence electrons. The summed E-state index contributed by atoms with van der Waals surface area (Å²) in [4.78, 5) is 70.4. The van der Waals surface area contributed by atoms with Crippen molar-refractivity contribution in [3.05, 3.63) is 143 Å². The highest BCUT2D eigenvalue weighted by molar-refractivity contribution is 7.15. The van der Waals surface area contributed by atoms with Crippen LogP contribution in [0.5, 0.6) is 0 Å². The molecule has 2 aliphatic rings. The predicted molar refractivity (Wildman–Crippen MR) is 257 cm³/mol. The van der Waals surface area contributed by atoms with Crippen LogP contribution in [0.25, 0.3) is 32.0 Å². The molecule has 2 aliphatic heterocycles. The summed E-state index contributed by atoms with van der Waals surface area (Å²) >= 11 is 3.25. The number of benzene rings is 4. The number of carbonyl (C=O) groups excluding carboxylic acids is 4. The van der Waals surface area contributed by atoms with E-state index in [9.17, 15) is 19.2 Å². The fraction of sp³-hybridized carbons (Fsp3) is 0.358. The lowest BCUT2D eigenvalue weighted by molar-refractivity contribution is -0.139. The van der Waals surface area contributed by atoms with Crippen LogP contribution >= 0.6 is 22.7 Å². The first kappa shape index (κ1) is 44.8. The Balaban J connectivity index is 0.931. The van der Waals surface area contributed by atoms with Crippen LogP contribution in [0.4, 0.5) is 0 Å². The number of likely N-dealkylation sites (tertiary alicyclic amines) is 2. The number of amides is 3. The van der Waals surface area contributed by atoms with E-state index >= 15 is 0 Å². The molecule has 4 heterocycles. The molecular formula is C53H57N5O4S2. The second kappa shape index (κ2) is 18.7. The van der Waals surface area contributed by atoms with Crippen LogP contribution in [0.1, 0.15) is 119 Å². The van der Waals surface area contributed by atoms with Crippen molar-refractivity contribution in [3.63, 3.8) is 0 Å². The highest BCUT2D eigenvalue weighted by Gasteiger charge is 2.40. The molecule has 0 bridgehead atoms. The van der Waals surface area contributed by atoms with Gasteiger partial charge < -0.3 is 15.1 Å². The van der Waals surface area contributed by atoms with Crippen LogP contribution in [0, 0.1) is 10.8 Å². The van der Waals surface area contributed by atoms with E-state index in [1.807, 2.05) is 124 Å². The molecule has 6 aromatic rings. The molecule has 1 N–H and O–H groups in total. The van der Waals surface area contributed by atoms with Crippen molar-refractivity contribution >= 4 is 46.2 Å². The molecule has 0 saturated carbocycles. The number of carbonyl (C=O) groups is 4. The van der Waals surface area contributed by atoms with E-state index in [0.29, 0.717) is 13.1 Å². The summed E-state index contributed by atoms with van der Waals surface area (Å²) in [5.74, 6) is -0.725. The fourth-order valence-corrected chi connectivity index (χ4v) is 10.7. The van der Waals surface area contributed by atoms with Gasteiger partial charge in [0.15, 0.2) is 0 Å². The van der Waals surface area contributed by atoms with E-state index in [2.05, 4.69) is 53.8 Å². The summed E-state index contributed by atoms with van der Waals surface area (Å²) in [7, 11) is 0. The molecule has 0 unspecified atom stereocenters. The van der Waals surface area contributed by atoms with Crippen molar-refractivity contribution < 1.29 is 19.2 Å². The number of thiazole rings is 2. The summed E-state index contributed by atoms with van der Waals surface area (Å²) in [5.41, 5.74) is 4.81. The van der Waals surface area contributed by atoms with E-state index in [4.69, 9.17) is 9.97 Å². The summed E-state index contributed by atoms with van der Waals surface area (Å²) in [6.07, 6.45) is 7.43.